The lowest BCUT2D eigenvalue weighted by molar-refractivity contribution is -0.711. The summed E-state index contributed by atoms with van der Waals surface area (Å²) in [4.78, 5) is 25.3. The van der Waals surface area contributed by atoms with E-state index in [2.05, 4.69) is 4.84 Å². The van der Waals surface area contributed by atoms with Crippen molar-refractivity contribution in [2.45, 2.75) is 0 Å². The molecular formula is C9H5NO5. The molecule has 0 bridgehead atoms. The first kappa shape index (κ1) is 9.20. The van der Waals surface area contributed by atoms with Crippen LogP contribution < -0.4 is 10.5 Å². The zero-order valence-corrected chi connectivity index (χ0v) is 7.38. The van der Waals surface area contributed by atoms with Gasteiger partial charge in [-0.1, -0.05) is 18.2 Å². The fourth-order valence-electron chi connectivity index (χ4n) is 1.19. The van der Waals surface area contributed by atoms with Gasteiger partial charge in [-0.15, -0.1) is 10.1 Å². The molecule has 1 aromatic carbocycles. The van der Waals surface area contributed by atoms with E-state index in [9.17, 15) is 14.9 Å². The molecule has 15 heavy (non-hydrogen) atoms. The minimum Gasteiger partial charge on any atom is -0.421 e. The Balaban J connectivity index is 2.62. The lowest BCUT2D eigenvalue weighted by atomic mass is 10.2. The number of benzene rings is 1. The van der Waals surface area contributed by atoms with Crippen LogP contribution in [0.15, 0.2) is 39.5 Å². The molecule has 0 atom stereocenters. The molecule has 2 aromatic rings. The maximum atomic E-state index is 11.2. The van der Waals surface area contributed by atoms with Crippen molar-refractivity contribution in [3.8, 4) is 5.75 Å². The van der Waals surface area contributed by atoms with E-state index < -0.39 is 16.5 Å². The Kier molecular flexibility index (Phi) is 2.09. The van der Waals surface area contributed by atoms with Crippen LogP contribution in [0.2, 0.25) is 0 Å². The van der Waals surface area contributed by atoms with Gasteiger partial charge in [0.1, 0.15) is 5.58 Å². The molecule has 0 saturated carbocycles. The minimum absolute atomic E-state index is 0.359. The molecule has 0 radical (unpaired) electrons. The Morgan fingerprint density at radius 3 is 2.80 bits per heavy atom. The van der Waals surface area contributed by atoms with Gasteiger partial charge in [-0.05, 0) is 12.1 Å². The average molecular weight is 207 g/mol. The fraction of sp³-hybridized carbons (Fsp3) is 0. The smallest absolute Gasteiger partial charge is 0.366 e. The zero-order valence-electron chi connectivity index (χ0n) is 7.38. The lowest BCUT2D eigenvalue weighted by Gasteiger charge is -1.98. The topological polar surface area (TPSA) is 82.6 Å². The largest absolute Gasteiger partial charge is 0.421 e. The molecule has 1 heterocycles. The molecule has 0 N–H and O–H groups in total. The summed E-state index contributed by atoms with van der Waals surface area (Å²) in [6, 6.07) is 7.93. The molecule has 0 amide bonds. The van der Waals surface area contributed by atoms with E-state index in [1.54, 1.807) is 24.3 Å². The number of fused-ring (bicyclic) bond motifs is 1. The first-order chi connectivity index (χ1) is 7.16. The molecule has 0 aliphatic rings. The molecule has 0 spiro atoms. The highest BCUT2D eigenvalue weighted by Gasteiger charge is 2.08. The first-order valence-corrected chi connectivity index (χ1v) is 4.02. The predicted octanol–water partition coefficient (Wildman–Crippen LogP) is 1.36. The van der Waals surface area contributed by atoms with Crippen molar-refractivity contribution in [3.63, 3.8) is 0 Å². The Morgan fingerprint density at radius 2 is 2.07 bits per heavy atom. The van der Waals surface area contributed by atoms with E-state index in [4.69, 9.17) is 4.42 Å². The third-order valence-corrected chi connectivity index (χ3v) is 1.78. The van der Waals surface area contributed by atoms with Crippen molar-refractivity contribution in [1.29, 1.82) is 0 Å². The summed E-state index contributed by atoms with van der Waals surface area (Å²) in [5.74, 6) is -0.432. The Labute approximate surface area is 82.8 Å². The number of rotatable bonds is 2. The summed E-state index contributed by atoms with van der Waals surface area (Å²) in [5.41, 5.74) is -0.511. The highest BCUT2D eigenvalue weighted by atomic mass is 17.0. The molecule has 76 valence electrons. The van der Waals surface area contributed by atoms with E-state index in [0.717, 1.165) is 0 Å². The predicted molar refractivity (Wildman–Crippen MR) is 50.1 cm³/mol. The summed E-state index contributed by atoms with van der Waals surface area (Å²) in [7, 11) is 0. The van der Waals surface area contributed by atoms with E-state index in [1.165, 1.54) is 6.07 Å². The van der Waals surface area contributed by atoms with Gasteiger partial charge >= 0.3 is 5.63 Å². The summed E-state index contributed by atoms with van der Waals surface area (Å²) < 4.78 is 4.81. The molecular weight excluding hydrogens is 202 g/mol. The van der Waals surface area contributed by atoms with Gasteiger partial charge in [0.2, 0.25) is 5.75 Å². The summed E-state index contributed by atoms with van der Waals surface area (Å²) >= 11 is 0. The fourth-order valence-corrected chi connectivity index (χ4v) is 1.19. The van der Waals surface area contributed by atoms with Crippen molar-refractivity contribution in [1.82, 2.24) is 0 Å². The van der Waals surface area contributed by atoms with Crippen LogP contribution in [0, 0.1) is 10.1 Å². The molecule has 6 heteroatoms. The van der Waals surface area contributed by atoms with Crippen LogP contribution >= 0.6 is 0 Å². The second-order valence-corrected chi connectivity index (χ2v) is 2.75. The Morgan fingerprint density at radius 1 is 1.33 bits per heavy atom. The minimum atomic E-state index is -1.05. The molecule has 1 aromatic heterocycles. The van der Waals surface area contributed by atoms with Crippen LogP contribution in [0.25, 0.3) is 11.0 Å². The average Bonchev–Trinajstić information content (AvgIpc) is 2.18. The second kappa shape index (κ2) is 3.41. The number of hydrogen-bond acceptors (Lipinski definition) is 5. The molecule has 6 nitrogen and oxygen atoms in total. The SMILES string of the molecule is O=c1oc2ccccc2cc1O[N+](=O)[O-]. The van der Waals surface area contributed by atoms with Gasteiger partial charge in [-0.2, -0.15) is 0 Å². The molecule has 2 rings (SSSR count). The van der Waals surface area contributed by atoms with Gasteiger partial charge in [0.05, 0.1) is 0 Å². The van der Waals surface area contributed by atoms with Gasteiger partial charge in [0.25, 0.3) is 5.09 Å². The number of para-hydroxylation sites is 1. The van der Waals surface area contributed by atoms with E-state index in [-0.39, 0.29) is 0 Å². The van der Waals surface area contributed by atoms with Gasteiger partial charge in [0, 0.05) is 5.39 Å². The van der Waals surface area contributed by atoms with E-state index in [1.807, 2.05) is 0 Å². The van der Waals surface area contributed by atoms with Crippen LogP contribution in [-0.2, 0) is 0 Å². The maximum absolute atomic E-state index is 11.2. The summed E-state index contributed by atoms with van der Waals surface area (Å²) in [6.45, 7) is 0. The Bertz CT molecular complexity index is 574. The van der Waals surface area contributed by atoms with E-state index >= 15 is 0 Å². The first-order valence-electron chi connectivity index (χ1n) is 4.02. The van der Waals surface area contributed by atoms with Gasteiger partial charge in [-0.3, -0.25) is 4.84 Å². The van der Waals surface area contributed by atoms with Crippen LogP contribution in [0.4, 0.5) is 0 Å². The maximum Gasteiger partial charge on any atom is 0.366 e. The monoisotopic (exact) mass is 207 g/mol. The van der Waals surface area contributed by atoms with Crippen LogP contribution in [0.3, 0.4) is 0 Å². The van der Waals surface area contributed by atoms with Gasteiger partial charge in [0.15, 0.2) is 0 Å². The highest BCUT2D eigenvalue weighted by Crippen LogP contribution is 2.16. The normalized spacial score (nSPS) is 10.1. The van der Waals surface area contributed by atoms with Crippen molar-refractivity contribution in [2.75, 3.05) is 0 Å². The Hall–Kier alpha value is -2.37. The number of hydrogen-bond donors (Lipinski definition) is 0. The zero-order chi connectivity index (χ0) is 10.8. The molecule has 0 fully saturated rings. The highest BCUT2D eigenvalue weighted by molar-refractivity contribution is 5.77. The molecule has 0 saturated heterocycles. The van der Waals surface area contributed by atoms with Crippen molar-refractivity contribution in [3.05, 3.63) is 50.9 Å². The van der Waals surface area contributed by atoms with Crippen LogP contribution in [0.1, 0.15) is 0 Å². The number of nitrogens with zero attached hydrogens (tertiary/aromatic N) is 1. The third kappa shape index (κ3) is 1.78. The van der Waals surface area contributed by atoms with Crippen LogP contribution in [-0.4, -0.2) is 5.09 Å². The molecule has 0 aliphatic carbocycles. The van der Waals surface area contributed by atoms with E-state index in [0.29, 0.717) is 11.0 Å². The van der Waals surface area contributed by atoms with Crippen molar-refractivity contribution < 1.29 is 14.3 Å². The standard InChI is InChI=1S/C9H5NO5/c11-9-8(15-10(12)13)5-6-3-1-2-4-7(6)14-9/h1-5H. The molecule has 0 unspecified atom stereocenters. The molecule has 0 aliphatic heterocycles. The van der Waals surface area contributed by atoms with Crippen molar-refractivity contribution in [2.24, 2.45) is 0 Å². The summed E-state index contributed by atoms with van der Waals surface area (Å²) in [6.07, 6.45) is 0. The van der Waals surface area contributed by atoms with Gasteiger partial charge in [-0.25, -0.2) is 4.79 Å². The van der Waals surface area contributed by atoms with Gasteiger partial charge < -0.3 is 4.42 Å². The quantitative estimate of drug-likeness (QED) is 0.421. The van der Waals surface area contributed by atoms with Crippen molar-refractivity contribution >= 4 is 11.0 Å². The second-order valence-electron chi connectivity index (χ2n) is 2.75. The summed E-state index contributed by atoms with van der Waals surface area (Å²) in [5, 5.41) is 9.57. The van der Waals surface area contributed by atoms with Crippen LogP contribution in [0.5, 0.6) is 5.75 Å². The lowest BCUT2D eigenvalue weighted by Crippen LogP contribution is -2.11. The third-order valence-electron chi connectivity index (χ3n) is 1.78.